The van der Waals surface area contributed by atoms with E-state index in [4.69, 9.17) is 11.6 Å². The van der Waals surface area contributed by atoms with Crippen LogP contribution in [0.15, 0.2) is 36.4 Å². The maximum absolute atomic E-state index is 12.0. The third-order valence-electron chi connectivity index (χ3n) is 5.62. The minimum absolute atomic E-state index is 0.140. The van der Waals surface area contributed by atoms with Gasteiger partial charge in [0.05, 0.1) is 10.7 Å². The summed E-state index contributed by atoms with van der Waals surface area (Å²) < 4.78 is 0. The van der Waals surface area contributed by atoms with E-state index in [-0.39, 0.29) is 11.8 Å². The first-order valence-electron chi connectivity index (χ1n) is 9.76. The van der Waals surface area contributed by atoms with Crippen molar-refractivity contribution in [2.45, 2.75) is 32.7 Å². The maximum Gasteiger partial charge on any atom is 0.227 e. The number of anilines is 2. The number of carbonyl (C=O) groups is 1. The van der Waals surface area contributed by atoms with Crippen LogP contribution < -0.4 is 16.0 Å². The van der Waals surface area contributed by atoms with E-state index < -0.39 is 0 Å². The molecule has 142 valence electrons. The highest BCUT2D eigenvalue weighted by Crippen LogP contribution is 2.38. The molecule has 27 heavy (non-hydrogen) atoms. The van der Waals surface area contributed by atoms with Crippen LogP contribution >= 0.6 is 11.6 Å². The molecule has 1 aliphatic heterocycles. The Morgan fingerprint density at radius 3 is 2.63 bits per heavy atom. The fourth-order valence-corrected chi connectivity index (χ4v) is 4.00. The summed E-state index contributed by atoms with van der Waals surface area (Å²) in [6.45, 7) is 4.82. The van der Waals surface area contributed by atoms with Crippen LogP contribution in [0.1, 0.15) is 30.0 Å². The Morgan fingerprint density at radius 2 is 1.89 bits per heavy atom. The second kappa shape index (κ2) is 7.91. The number of hydrogen-bond donors (Lipinski definition) is 3. The summed E-state index contributed by atoms with van der Waals surface area (Å²) in [4.78, 5) is 12.0. The molecule has 2 atom stereocenters. The number of halogens is 1. The van der Waals surface area contributed by atoms with Crippen molar-refractivity contribution in [3.8, 4) is 0 Å². The van der Waals surface area contributed by atoms with Gasteiger partial charge in [-0.1, -0.05) is 36.7 Å². The molecule has 2 aromatic carbocycles. The van der Waals surface area contributed by atoms with Crippen molar-refractivity contribution in [1.29, 1.82) is 0 Å². The van der Waals surface area contributed by atoms with Gasteiger partial charge in [-0.3, -0.25) is 4.79 Å². The molecule has 1 amide bonds. The monoisotopic (exact) mass is 383 g/mol. The van der Waals surface area contributed by atoms with E-state index in [9.17, 15) is 4.79 Å². The Morgan fingerprint density at radius 1 is 1.15 bits per heavy atom. The molecule has 0 unspecified atom stereocenters. The number of benzene rings is 2. The minimum Gasteiger partial charge on any atom is -0.380 e. The molecule has 0 bridgehead atoms. The normalized spacial score (nSPS) is 21.1. The van der Waals surface area contributed by atoms with Gasteiger partial charge in [-0.05, 0) is 73.2 Å². The molecule has 0 spiro atoms. The Hall–Kier alpha value is -2.04. The summed E-state index contributed by atoms with van der Waals surface area (Å²) in [7, 11) is 0. The zero-order valence-corrected chi connectivity index (χ0v) is 16.4. The molecule has 5 heteroatoms. The topological polar surface area (TPSA) is 53.2 Å². The first kappa shape index (κ1) is 18.3. The van der Waals surface area contributed by atoms with Gasteiger partial charge in [-0.25, -0.2) is 0 Å². The lowest BCUT2D eigenvalue weighted by Crippen LogP contribution is -2.16. The molecule has 1 saturated carbocycles. The van der Waals surface area contributed by atoms with E-state index >= 15 is 0 Å². The maximum atomic E-state index is 12.0. The number of amides is 1. The number of hydrogen-bond acceptors (Lipinski definition) is 3. The van der Waals surface area contributed by atoms with Crippen LogP contribution in [0.2, 0.25) is 5.02 Å². The van der Waals surface area contributed by atoms with Crippen molar-refractivity contribution in [2.24, 2.45) is 11.8 Å². The SMILES string of the molecule is C[C@@H]1C[C@H]1C(=O)Nc1ccc(CNc2c(Cl)ccc3c2CCNCC3)cc1. The van der Waals surface area contributed by atoms with Gasteiger partial charge in [0.1, 0.15) is 0 Å². The molecular weight excluding hydrogens is 358 g/mol. The molecule has 0 radical (unpaired) electrons. The quantitative estimate of drug-likeness (QED) is 0.724. The zero-order valence-electron chi connectivity index (χ0n) is 15.6. The Kier molecular flexibility index (Phi) is 5.37. The van der Waals surface area contributed by atoms with Crippen LogP contribution in [0, 0.1) is 11.8 Å². The Bertz CT molecular complexity index is 834. The van der Waals surface area contributed by atoms with E-state index in [1.54, 1.807) is 0 Å². The molecule has 2 aliphatic rings. The lowest BCUT2D eigenvalue weighted by atomic mass is 10.0. The number of nitrogens with one attached hydrogen (secondary N) is 3. The van der Waals surface area contributed by atoms with Crippen molar-refractivity contribution in [3.05, 3.63) is 58.1 Å². The van der Waals surface area contributed by atoms with Crippen LogP contribution in [0.4, 0.5) is 11.4 Å². The largest absolute Gasteiger partial charge is 0.380 e. The summed E-state index contributed by atoms with van der Waals surface area (Å²) in [5.74, 6) is 0.853. The first-order chi connectivity index (χ1) is 13.1. The van der Waals surface area contributed by atoms with E-state index in [1.807, 2.05) is 18.2 Å². The van der Waals surface area contributed by atoms with Gasteiger partial charge in [0.2, 0.25) is 5.91 Å². The highest BCUT2D eigenvalue weighted by Gasteiger charge is 2.39. The summed E-state index contributed by atoms with van der Waals surface area (Å²) in [5.41, 5.74) is 5.78. The Labute approximate surface area is 165 Å². The number of fused-ring (bicyclic) bond motifs is 1. The van der Waals surface area contributed by atoms with Crippen molar-refractivity contribution in [2.75, 3.05) is 23.7 Å². The average molecular weight is 384 g/mol. The van der Waals surface area contributed by atoms with Gasteiger partial charge in [0, 0.05) is 18.2 Å². The molecule has 3 N–H and O–H groups in total. The van der Waals surface area contributed by atoms with Crippen LogP contribution in [0.3, 0.4) is 0 Å². The highest BCUT2D eigenvalue weighted by molar-refractivity contribution is 6.33. The fourth-order valence-electron chi connectivity index (χ4n) is 3.75. The minimum atomic E-state index is 0.140. The first-order valence-corrected chi connectivity index (χ1v) is 10.1. The molecule has 1 fully saturated rings. The van der Waals surface area contributed by atoms with Crippen LogP contribution in [-0.2, 0) is 24.2 Å². The van der Waals surface area contributed by atoms with E-state index in [0.29, 0.717) is 12.5 Å². The van der Waals surface area contributed by atoms with Crippen LogP contribution in [-0.4, -0.2) is 19.0 Å². The second-order valence-corrected chi connectivity index (χ2v) is 8.08. The molecular formula is C22H26ClN3O. The molecule has 1 aliphatic carbocycles. The van der Waals surface area contributed by atoms with Crippen molar-refractivity contribution in [1.82, 2.24) is 5.32 Å². The van der Waals surface area contributed by atoms with Crippen molar-refractivity contribution < 1.29 is 4.79 Å². The van der Waals surface area contributed by atoms with Gasteiger partial charge in [0.25, 0.3) is 0 Å². The fraction of sp³-hybridized carbons (Fsp3) is 0.409. The summed E-state index contributed by atoms with van der Waals surface area (Å²) in [6.07, 6.45) is 3.03. The third-order valence-corrected chi connectivity index (χ3v) is 5.93. The lowest BCUT2D eigenvalue weighted by Gasteiger charge is -2.16. The molecule has 0 aromatic heterocycles. The van der Waals surface area contributed by atoms with Gasteiger partial charge in [-0.15, -0.1) is 0 Å². The third kappa shape index (κ3) is 4.28. The number of rotatable bonds is 5. The predicted molar refractivity (Wildman–Crippen MR) is 111 cm³/mol. The predicted octanol–water partition coefficient (Wildman–Crippen LogP) is 4.23. The Balaban J connectivity index is 1.41. The van der Waals surface area contributed by atoms with E-state index in [2.05, 4.69) is 41.1 Å². The standard InChI is InChI=1S/C22H26ClN3O/c1-14-12-19(14)22(27)26-17-5-2-15(3-6-17)13-25-21-18-9-11-24-10-8-16(18)4-7-20(21)23/h2-7,14,19,24-25H,8-13H2,1H3,(H,26,27)/t14-,19-/m1/s1. The molecule has 4 nitrogen and oxygen atoms in total. The summed E-state index contributed by atoms with van der Waals surface area (Å²) in [5, 5.41) is 10.8. The van der Waals surface area contributed by atoms with Crippen molar-refractivity contribution >= 4 is 28.9 Å². The molecule has 0 saturated heterocycles. The summed E-state index contributed by atoms with van der Waals surface area (Å²) >= 11 is 6.48. The van der Waals surface area contributed by atoms with Gasteiger partial charge < -0.3 is 16.0 Å². The smallest absolute Gasteiger partial charge is 0.227 e. The number of carbonyl (C=O) groups excluding carboxylic acids is 1. The lowest BCUT2D eigenvalue weighted by molar-refractivity contribution is -0.117. The molecule has 4 rings (SSSR count). The second-order valence-electron chi connectivity index (χ2n) is 7.67. The van der Waals surface area contributed by atoms with Crippen LogP contribution in [0.25, 0.3) is 0 Å². The van der Waals surface area contributed by atoms with E-state index in [1.165, 1.54) is 11.1 Å². The highest BCUT2D eigenvalue weighted by atomic mass is 35.5. The van der Waals surface area contributed by atoms with Crippen molar-refractivity contribution in [3.63, 3.8) is 0 Å². The molecule has 2 aromatic rings. The van der Waals surface area contributed by atoms with E-state index in [0.717, 1.165) is 54.3 Å². The zero-order chi connectivity index (χ0) is 18.8. The molecule has 1 heterocycles. The summed E-state index contributed by atoms with van der Waals surface area (Å²) in [6, 6.07) is 12.2. The van der Waals surface area contributed by atoms with Gasteiger partial charge in [0.15, 0.2) is 0 Å². The van der Waals surface area contributed by atoms with Gasteiger partial charge in [-0.2, -0.15) is 0 Å². The van der Waals surface area contributed by atoms with Gasteiger partial charge >= 0.3 is 0 Å². The average Bonchev–Trinajstić information content (AvgIpc) is 3.44. The van der Waals surface area contributed by atoms with Crippen LogP contribution in [0.5, 0.6) is 0 Å².